The van der Waals surface area contributed by atoms with Gasteiger partial charge in [0.1, 0.15) is 0 Å². The second-order valence-corrected chi connectivity index (χ2v) is 3.82. The summed E-state index contributed by atoms with van der Waals surface area (Å²) < 4.78 is 0. The summed E-state index contributed by atoms with van der Waals surface area (Å²) in [5, 5.41) is 21.5. The van der Waals surface area contributed by atoms with E-state index in [1.807, 2.05) is 0 Å². The molecule has 4 nitrogen and oxygen atoms in total. The fourth-order valence-corrected chi connectivity index (χ4v) is 1.96. The van der Waals surface area contributed by atoms with Crippen molar-refractivity contribution in [1.82, 2.24) is 0 Å². The summed E-state index contributed by atoms with van der Waals surface area (Å²) in [7, 11) is 0. The molecule has 0 radical (unpaired) electrons. The third-order valence-corrected chi connectivity index (χ3v) is 2.96. The van der Waals surface area contributed by atoms with Gasteiger partial charge in [-0.1, -0.05) is 19.8 Å². The van der Waals surface area contributed by atoms with Crippen molar-refractivity contribution in [2.24, 2.45) is 11.3 Å². The van der Waals surface area contributed by atoms with Crippen LogP contribution >= 0.6 is 0 Å². The summed E-state index contributed by atoms with van der Waals surface area (Å²) in [6.07, 6.45) is 2.25. The number of aliphatic carboxylic acids is 2. The van der Waals surface area contributed by atoms with Gasteiger partial charge in [-0.25, -0.2) is 0 Å². The first-order valence-corrected chi connectivity index (χ1v) is 4.41. The molecule has 2 unspecified atom stereocenters. The first kappa shape index (κ1) is 13.7. The van der Waals surface area contributed by atoms with E-state index in [4.69, 9.17) is 0 Å². The van der Waals surface area contributed by atoms with Crippen LogP contribution in [0, 0.1) is 11.3 Å². The van der Waals surface area contributed by atoms with E-state index in [0.717, 1.165) is 12.8 Å². The minimum atomic E-state index is -1.28. The Bertz CT molecular complexity index is 241. The number of carbonyl (C=O) groups excluding carboxylic acids is 2. The Labute approximate surface area is 98.8 Å². The van der Waals surface area contributed by atoms with Gasteiger partial charge >= 0.3 is 23.1 Å². The molecule has 5 heteroatoms. The maximum Gasteiger partial charge on any atom is 2.00 e. The summed E-state index contributed by atoms with van der Waals surface area (Å²) in [4.78, 5) is 21.5. The van der Waals surface area contributed by atoms with E-state index in [0.29, 0.717) is 12.8 Å². The molecule has 1 aliphatic rings. The van der Waals surface area contributed by atoms with Crippen LogP contribution in [-0.2, 0) is 9.59 Å². The normalized spacial score (nSPS) is 31.6. The molecule has 0 saturated heterocycles. The fourth-order valence-electron chi connectivity index (χ4n) is 1.96. The van der Waals surface area contributed by atoms with Crippen molar-refractivity contribution in [1.29, 1.82) is 0 Å². The molecule has 2 atom stereocenters. The maximum atomic E-state index is 10.8. The fraction of sp³-hybridized carbons (Fsp3) is 0.778. The van der Waals surface area contributed by atoms with Crippen LogP contribution in [0.15, 0.2) is 0 Å². The van der Waals surface area contributed by atoms with Gasteiger partial charge in [0.15, 0.2) is 0 Å². The van der Waals surface area contributed by atoms with Crippen LogP contribution in [0.1, 0.15) is 32.6 Å². The second-order valence-electron chi connectivity index (χ2n) is 3.82. The van der Waals surface area contributed by atoms with Crippen LogP contribution in [0.3, 0.4) is 0 Å². The van der Waals surface area contributed by atoms with E-state index in [1.54, 1.807) is 0 Å². The zero-order valence-corrected chi connectivity index (χ0v) is 9.66. The Kier molecular flexibility index (Phi) is 4.87. The zero-order chi connectivity index (χ0) is 10.1. The monoisotopic (exact) mass is 208 g/mol. The van der Waals surface area contributed by atoms with E-state index in [9.17, 15) is 19.8 Å². The van der Waals surface area contributed by atoms with Gasteiger partial charge in [-0.2, -0.15) is 0 Å². The minimum absolute atomic E-state index is 0. The van der Waals surface area contributed by atoms with Gasteiger partial charge in [0.25, 0.3) is 0 Å². The van der Waals surface area contributed by atoms with Crippen LogP contribution < -0.4 is 10.2 Å². The molecule has 0 N–H and O–H groups in total. The Morgan fingerprint density at radius 1 is 1.29 bits per heavy atom. The summed E-state index contributed by atoms with van der Waals surface area (Å²) in [5.74, 6) is -3.45. The number of carboxylic acids is 2. The van der Waals surface area contributed by atoms with E-state index in [2.05, 4.69) is 0 Å². The molecule has 74 valence electrons. The Hall–Kier alpha value is -0.294. The third kappa shape index (κ3) is 2.39. The van der Waals surface area contributed by atoms with Gasteiger partial charge in [0.2, 0.25) is 0 Å². The molecule has 0 aromatic carbocycles. The van der Waals surface area contributed by atoms with E-state index < -0.39 is 23.3 Å². The number of hydrogen-bond donors (Lipinski definition) is 0. The number of rotatable bonds is 2. The number of hydrogen-bond acceptors (Lipinski definition) is 4. The van der Waals surface area contributed by atoms with E-state index in [-0.39, 0.29) is 23.1 Å². The molecule has 1 saturated carbocycles. The van der Waals surface area contributed by atoms with Crippen LogP contribution in [0.4, 0.5) is 0 Å². The zero-order valence-electron chi connectivity index (χ0n) is 8.25. The minimum Gasteiger partial charge on any atom is -0.550 e. The van der Waals surface area contributed by atoms with Gasteiger partial charge in [0, 0.05) is 23.3 Å². The smallest absolute Gasteiger partial charge is 0.550 e. The van der Waals surface area contributed by atoms with E-state index >= 15 is 0 Å². The predicted octanol–water partition coefficient (Wildman–Crippen LogP) is -1.70. The maximum absolute atomic E-state index is 10.8. The van der Waals surface area contributed by atoms with Gasteiger partial charge < -0.3 is 19.8 Å². The van der Waals surface area contributed by atoms with E-state index in [1.165, 1.54) is 6.92 Å². The first-order valence-electron chi connectivity index (χ1n) is 4.41. The molecule has 0 aromatic heterocycles. The van der Waals surface area contributed by atoms with Crippen molar-refractivity contribution >= 4 is 35.0 Å². The Morgan fingerprint density at radius 3 is 2.21 bits per heavy atom. The van der Waals surface area contributed by atoms with Crippen molar-refractivity contribution < 1.29 is 19.8 Å². The van der Waals surface area contributed by atoms with Crippen LogP contribution in [0.2, 0.25) is 0 Å². The van der Waals surface area contributed by atoms with Crippen LogP contribution in [0.25, 0.3) is 0 Å². The summed E-state index contributed by atoms with van der Waals surface area (Å²) in [5.41, 5.74) is -1.24. The molecular formula is C9H12MgO4. The van der Waals surface area contributed by atoms with Gasteiger partial charge in [-0.15, -0.1) is 0 Å². The van der Waals surface area contributed by atoms with Crippen molar-refractivity contribution in [3.63, 3.8) is 0 Å². The summed E-state index contributed by atoms with van der Waals surface area (Å²) in [6, 6.07) is 0. The molecule has 0 aromatic rings. The number of carbonyl (C=O) groups is 2. The average molecular weight is 208 g/mol. The molecular weight excluding hydrogens is 196 g/mol. The Balaban J connectivity index is 0.00000169. The first-order chi connectivity index (χ1) is 5.98. The van der Waals surface area contributed by atoms with Gasteiger partial charge in [-0.3, -0.25) is 0 Å². The standard InChI is InChI=1S/C9H14O4.Mg/c1-9(8(12)13)5-3-2-4-6(9)7(10)11;/h6H,2-5H2,1H3,(H,10,11)(H,12,13);/q;+2/p-2. The van der Waals surface area contributed by atoms with Crippen molar-refractivity contribution in [3.05, 3.63) is 0 Å². The summed E-state index contributed by atoms with van der Waals surface area (Å²) in [6.45, 7) is 1.43. The number of carboxylic acid groups (broad SMARTS) is 2. The van der Waals surface area contributed by atoms with Crippen molar-refractivity contribution in [3.8, 4) is 0 Å². The average Bonchev–Trinajstić information content (AvgIpc) is 2.04. The third-order valence-electron chi connectivity index (χ3n) is 2.96. The molecule has 1 rings (SSSR count). The summed E-state index contributed by atoms with van der Waals surface area (Å²) >= 11 is 0. The molecule has 0 heterocycles. The molecule has 0 spiro atoms. The molecule has 14 heavy (non-hydrogen) atoms. The van der Waals surface area contributed by atoms with Gasteiger partial charge in [-0.05, 0) is 12.8 Å². The molecule has 1 aliphatic carbocycles. The SMILES string of the molecule is CC1(C(=O)[O-])CCCCC1C(=O)[O-].[Mg+2]. The molecule has 0 amide bonds. The van der Waals surface area contributed by atoms with Crippen molar-refractivity contribution in [2.75, 3.05) is 0 Å². The van der Waals surface area contributed by atoms with Crippen molar-refractivity contribution in [2.45, 2.75) is 32.6 Å². The largest absolute Gasteiger partial charge is 2.00 e. The molecule has 1 fully saturated rings. The molecule has 0 aliphatic heterocycles. The van der Waals surface area contributed by atoms with Crippen LogP contribution in [0.5, 0.6) is 0 Å². The quantitative estimate of drug-likeness (QED) is 0.507. The second kappa shape index (κ2) is 4.98. The van der Waals surface area contributed by atoms with Gasteiger partial charge in [0.05, 0.1) is 0 Å². The van der Waals surface area contributed by atoms with Crippen LogP contribution in [-0.4, -0.2) is 35.0 Å². The predicted molar refractivity (Wildman–Crippen MR) is 45.8 cm³/mol. The topological polar surface area (TPSA) is 80.3 Å². The molecule has 0 bridgehead atoms. The Morgan fingerprint density at radius 2 is 1.86 bits per heavy atom.